The van der Waals surface area contributed by atoms with Crippen molar-refractivity contribution in [3.63, 3.8) is 0 Å². The number of rotatable bonds is 5. The van der Waals surface area contributed by atoms with Crippen LogP contribution in [-0.2, 0) is 4.74 Å². The molecule has 0 aliphatic rings. The molecule has 6 nitrogen and oxygen atoms in total. The van der Waals surface area contributed by atoms with Crippen LogP contribution >= 0.6 is 23.6 Å². The van der Waals surface area contributed by atoms with Gasteiger partial charge in [-0.1, -0.05) is 18.2 Å². The molecule has 0 bridgehead atoms. The summed E-state index contributed by atoms with van der Waals surface area (Å²) in [4.78, 5) is 26.7. The first-order valence-corrected chi connectivity index (χ1v) is 10.4. The predicted molar refractivity (Wildman–Crippen MR) is 122 cm³/mol. The lowest BCUT2D eigenvalue weighted by Gasteiger charge is -2.18. The predicted octanol–water partition coefficient (Wildman–Crippen LogP) is 4.21. The fourth-order valence-electron chi connectivity index (χ4n) is 2.81. The fourth-order valence-corrected chi connectivity index (χ4v) is 4.37. The Kier molecular flexibility index (Phi) is 7.37. The number of ether oxygens (including phenoxy) is 1. The van der Waals surface area contributed by atoms with Crippen molar-refractivity contribution in [1.82, 2.24) is 10.2 Å². The Morgan fingerprint density at radius 1 is 1.17 bits per heavy atom. The van der Waals surface area contributed by atoms with Gasteiger partial charge in [0, 0.05) is 14.1 Å². The van der Waals surface area contributed by atoms with E-state index in [2.05, 4.69) is 42.7 Å². The van der Waals surface area contributed by atoms with E-state index in [1.807, 2.05) is 6.92 Å². The molecule has 1 atom stereocenters. The van der Waals surface area contributed by atoms with Gasteiger partial charge in [0.15, 0.2) is 5.11 Å². The zero-order valence-electron chi connectivity index (χ0n) is 17.8. The van der Waals surface area contributed by atoms with Crippen LogP contribution < -0.4 is 10.6 Å². The maximum Gasteiger partial charge on any atom is 0.341 e. The Morgan fingerprint density at radius 2 is 1.83 bits per heavy atom. The molecule has 156 valence electrons. The van der Waals surface area contributed by atoms with Crippen LogP contribution in [0.1, 0.15) is 55.2 Å². The highest BCUT2D eigenvalue weighted by molar-refractivity contribution is 7.80. The monoisotopic (exact) mass is 433 g/mol. The van der Waals surface area contributed by atoms with Crippen LogP contribution in [0.15, 0.2) is 18.2 Å². The smallest absolute Gasteiger partial charge is 0.341 e. The number of anilines is 1. The third-order valence-electron chi connectivity index (χ3n) is 4.74. The lowest BCUT2D eigenvalue weighted by molar-refractivity contribution is 0.0601. The first-order valence-electron chi connectivity index (χ1n) is 9.14. The number of hydrogen-bond donors (Lipinski definition) is 2. The number of thiocarbonyl (C=S) groups is 1. The molecule has 2 N–H and O–H groups in total. The molecular formula is C21H27N3O3S2. The minimum atomic E-state index is -0.510. The summed E-state index contributed by atoms with van der Waals surface area (Å²) in [5, 5.41) is 7.17. The van der Waals surface area contributed by atoms with E-state index in [4.69, 9.17) is 17.0 Å². The molecule has 1 heterocycles. The zero-order chi connectivity index (χ0) is 21.9. The number of nitrogens with zero attached hydrogens (tertiary/aromatic N) is 1. The van der Waals surface area contributed by atoms with Gasteiger partial charge in [0.2, 0.25) is 0 Å². The molecule has 0 aliphatic heterocycles. The van der Waals surface area contributed by atoms with E-state index in [0.717, 1.165) is 5.56 Å². The summed E-state index contributed by atoms with van der Waals surface area (Å²) >= 11 is 6.65. The van der Waals surface area contributed by atoms with Gasteiger partial charge in [0.05, 0.1) is 23.6 Å². The maximum atomic E-state index is 12.5. The van der Waals surface area contributed by atoms with Crippen LogP contribution in [-0.4, -0.2) is 43.1 Å². The molecule has 1 aromatic heterocycles. The summed E-state index contributed by atoms with van der Waals surface area (Å²) in [5.41, 5.74) is 4.45. The molecule has 1 amide bonds. The van der Waals surface area contributed by atoms with Crippen molar-refractivity contribution in [3.05, 3.63) is 50.9 Å². The van der Waals surface area contributed by atoms with Crippen molar-refractivity contribution >= 4 is 45.5 Å². The van der Waals surface area contributed by atoms with Gasteiger partial charge in [-0.25, -0.2) is 4.79 Å². The Balaban J connectivity index is 2.26. The summed E-state index contributed by atoms with van der Waals surface area (Å²) in [6.07, 6.45) is 0. The van der Waals surface area contributed by atoms with Gasteiger partial charge in [0.25, 0.3) is 5.91 Å². The molecule has 0 saturated heterocycles. The van der Waals surface area contributed by atoms with E-state index in [1.165, 1.54) is 34.5 Å². The number of methoxy groups -OCH3 is 1. The van der Waals surface area contributed by atoms with Crippen LogP contribution in [0.4, 0.5) is 5.00 Å². The second-order valence-electron chi connectivity index (χ2n) is 7.12. The Bertz CT molecular complexity index is 951. The number of carbonyl (C=O) groups is 2. The highest BCUT2D eigenvalue weighted by atomic mass is 32.1. The van der Waals surface area contributed by atoms with E-state index in [-0.39, 0.29) is 11.9 Å². The number of thiophene rings is 1. The lowest BCUT2D eigenvalue weighted by Crippen LogP contribution is -2.31. The highest BCUT2D eigenvalue weighted by Gasteiger charge is 2.26. The highest BCUT2D eigenvalue weighted by Crippen LogP contribution is 2.34. The first-order chi connectivity index (χ1) is 13.6. The molecule has 0 fully saturated rings. The third-order valence-corrected chi connectivity index (χ3v) is 6.16. The lowest BCUT2D eigenvalue weighted by atomic mass is 10.0. The molecule has 29 heavy (non-hydrogen) atoms. The van der Waals surface area contributed by atoms with Crippen molar-refractivity contribution in [2.45, 2.75) is 33.7 Å². The largest absolute Gasteiger partial charge is 0.465 e. The average molecular weight is 434 g/mol. The van der Waals surface area contributed by atoms with Crippen molar-refractivity contribution in [3.8, 4) is 0 Å². The molecule has 0 spiro atoms. The van der Waals surface area contributed by atoms with E-state index in [0.29, 0.717) is 26.1 Å². The molecule has 0 saturated carbocycles. The van der Waals surface area contributed by atoms with Gasteiger partial charge in [0.1, 0.15) is 5.00 Å². The van der Waals surface area contributed by atoms with Crippen molar-refractivity contribution in [1.29, 1.82) is 0 Å². The molecule has 1 unspecified atom stereocenters. The Morgan fingerprint density at radius 3 is 2.38 bits per heavy atom. The molecular weight excluding hydrogens is 406 g/mol. The maximum absolute atomic E-state index is 12.5. The number of esters is 1. The normalized spacial score (nSPS) is 11.6. The van der Waals surface area contributed by atoms with E-state index >= 15 is 0 Å². The van der Waals surface area contributed by atoms with E-state index in [1.54, 1.807) is 21.0 Å². The van der Waals surface area contributed by atoms with Crippen molar-refractivity contribution < 1.29 is 14.3 Å². The zero-order valence-corrected chi connectivity index (χ0v) is 19.4. The van der Waals surface area contributed by atoms with Gasteiger partial charge in [-0.2, -0.15) is 0 Å². The average Bonchev–Trinajstić information content (AvgIpc) is 2.98. The molecule has 1 aromatic carbocycles. The molecule has 2 rings (SSSR count). The van der Waals surface area contributed by atoms with Gasteiger partial charge >= 0.3 is 5.97 Å². The summed E-state index contributed by atoms with van der Waals surface area (Å²) in [6, 6.07) is 6.24. The van der Waals surface area contributed by atoms with Crippen molar-refractivity contribution in [2.24, 2.45) is 0 Å². The summed E-state index contributed by atoms with van der Waals surface area (Å²) in [7, 11) is 4.66. The molecule has 8 heteroatoms. The van der Waals surface area contributed by atoms with Gasteiger partial charge < -0.3 is 20.3 Å². The number of benzene rings is 1. The molecule has 2 aromatic rings. The van der Waals surface area contributed by atoms with Crippen LogP contribution in [0.5, 0.6) is 0 Å². The summed E-state index contributed by atoms with van der Waals surface area (Å²) in [6.45, 7) is 7.89. The number of nitrogens with one attached hydrogen (secondary N) is 2. The number of hydrogen-bond acceptors (Lipinski definition) is 5. The minimum absolute atomic E-state index is 0.0280. The molecule has 0 radical (unpaired) electrons. The summed E-state index contributed by atoms with van der Waals surface area (Å²) < 4.78 is 4.91. The number of carbonyl (C=O) groups excluding carboxylic acids is 2. The van der Waals surface area contributed by atoms with Crippen molar-refractivity contribution in [2.75, 3.05) is 26.5 Å². The second-order valence-corrected chi connectivity index (χ2v) is 8.54. The van der Waals surface area contributed by atoms with Gasteiger partial charge in [-0.3, -0.25) is 4.79 Å². The SMILES string of the molecule is COC(=O)c1c(NC(=S)NC(C)c2ccc(C)c(C)c2)sc(C(=O)N(C)C)c1C. The van der Waals surface area contributed by atoms with Crippen LogP contribution in [0.3, 0.4) is 0 Å². The van der Waals surface area contributed by atoms with Gasteiger partial charge in [-0.15, -0.1) is 11.3 Å². The minimum Gasteiger partial charge on any atom is -0.465 e. The van der Waals surface area contributed by atoms with Crippen LogP contribution in [0, 0.1) is 20.8 Å². The second kappa shape index (κ2) is 9.37. The quantitative estimate of drug-likeness (QED) is 0.544. The standard InChI is InChI=1S/C21H27N3O3S2/c1-11-8-9-15(10-12(11)2)14(4)22-21(28)23-18-16(20(26)27-7)13(3)17(29-18)19(25)24(5)6/h8-10,14H,1-7H3,(H2,22,23,28). The number of aryl methyl sites for hydroxylation is 2. The Labute approximate surface area is 181 Å². The Hall–Kier alpha value is -2.45. The fraction of sp³-hybridized carbons (Fsp3) is 0.381. The van der Waals surface area contributed by atoms with E-state index in [9.17, 15) is 9.59 Å². The van der Waals surface area contributed by atoms with Crippen LogP contribution in [0.2, 0.25) is 0 Å². The topological polar surface area (TPSA) is 70.7 Å². The molecule has 0 aliphatic carbocycles. The number of amides is 1. The summed E-state index contributed by atoms with van der Waals surface area (Å²) in [5.74, 6) is -0.683. The van der Waals surface area contributed by atoms with Gasteiger partial charge in [-0.05, 0) is 62.2 Å². The van der Waals surface area contributed by atoms with E-state index < -0.39 is 5.97 Å². The van der Waals surface area contributed by atoms with Crippen LogP contribution in [0.25, 0.3) is 0 Å². The first kappa shape index (κ1) is 22.8. The third kappa shape index (κ3) is 5.13.